The molecule has 0 radical (unpaired) electrons. The smallest absolute Gasteiger partial charge is 0.368 e. The molecule has 178 valence electrons. The van der Waals surface area contributed by atoms with Crippen molar-refractivity contribution in [2.75, 3.05) is 36.0 Å². The van der Waals surface area contributed by atoms with Gasteiger partial charge in [-0.1, -0.05) is 29.8 Å². The molecule has 5 rings (SSSR count). The van der Waals surface area contributed by atoms with Gasteiger partial charge in [-0.2, -0.15) is 13.2 Å². The van der Waals surface area contributed by atoms with Crippen LogP contribution in [0.2, 0.25) is 5.02 Å². The van der Waals surface area contributed by atoms with Crippen molar-refractivity contribution < 1.29 is 13.2 Å². The van der Waals surface area contributed by atoms with Crippen LogP contribution in [0, 0.1) is 0 Å². The summed E-state index contributed by atoms with van der Waals surface area (Å²) in [6, 6.07) is 18.6. The van der Waals surface area contributed by atoms with Crippen LogP contribution >= 0.6 is 11.6 Å². The zero-order chi connectivity index (χ0) is 24.4. The molecular formula is C26H21ClF3N5. The number of hydrogen-bond donors (Lipinski definition) is 0. The molecule has 2 aromatic heterocycles. The molecule has 4 aromatic rings. The number of benzene rings is 2. The highest BCUT2D eigenvalue weighted by Crippen LogP contribution is 2.32. The average Bonchev–Trinajstić information content (AvgIpc) is 2.89. The topological polar surface area (TPSA) is 45.2 Å². The predicted octanol–water partition coefficient (Wildman–Crippen LogP) is 6.20. The maximum Gasteiger partial charge on any atom is 0.416 e. The highest BCUT2D eigenvalue weighted by atomic mass is 35.5. The maximum absolute atomic E-state index is 13.1. The lowest BCUT2D eigenvalue weighted by molar-refractivity contribution is -0.137. The molecule has 0 spiro atoms. The van der Waals surface area contributed by atoms with Crippen molar-refractivity contribution in [2.24, 2.45) is 0 Å². The average molecular weight is 496 g/mol. The summed E-state index contributed by atoms with van der Waals surface area (Å²) in [5.74, 6) is 1.31. The molecule has 5 nitrogen and oxygen atoms in total. The number of pyridine rings is 1. The van der Waals surface area contributed by atoms with Crippen LogP contribution in [0.15, 0.2) is 79.1 Å². The van der Waals surface area contributed by atoms with Crippen molar-refractivity contribution in [3.63, 3.8) is 0 Å². The van der Waals surface area contributed by atoms with E-state index in [4.69, 9.17) is 21.6 Å². The van der Waals surface area contributed by atoms with Gasteiger partial charge in [0.1, 0.15) is 5.82 Å². The monoisotopic (exact) mass is 495 g/mol. The van der Waals surface area contributed by atoms with Crippen molar-refractivity contribution in [1.82, 2.24) is 15.0 Å². The standard InChI is InChI=1S/C26H21ClF3N5/c27-21-8-6-18(7-9-21)23-16-24(33-25(32-23)19-3-2-10-31-17-19)35-13-11-34(12-14-35)22-5-1-4-20(15-22)26(28,29)30/h1-10,15-17H,11-14H2. The Hall–Kier alpha value is -3.65. The molecule has 1 aliphatic rings. The highest BCUT2D eigenvalue weighted by molar-refractivity contribution is 6.30. The normalized spacial score (nSPS) is 14.3. The highest BCUT2D eigenvalue weighted by Gasteiger charge is 2.31. The number of halogens is 4. The van der Waals surface area contributed by atoms with Crippen LogP contribution in [0.4, 0.5) is 24.7 Å². The second kappa shape index (κ2) is 9.54. The predicted molar refractivity (Wildman–Crippen MR) is 132 cm³/mol. The van der Waals surface area contributed by atoms with Gasteiger partial charge in [-0.3, -0.25) is 4.98 Å². The number of rotatable bonds is 4. The van der Waals surface area contributed by atoms with E-state index in [1.165, 1.54) is 12.1 Å². The first kappa shape index (κ1) is 23.1. The molecule has 0 unspecified atom stereocenters. The van der Waals surface area contributed by atoms with Crippen molar-refractivity contribution in [3.8, 4) is 22.6 Å². The molecular weight excluding hydrogens is 475 g/mol. The van der Waals surface area contributed by atoms with Crippen LogP contribution < -0.4 is 9.80 Å². The summed E-state index contributed by atoms with van der Waals surface area (Å²) in [5.41, 5.74) is 2.39. The van der Waals surface area contributed by atoms with Crippen LogP contribution in [0.25, 0.3) is 22.6 Å². The molecule has 0 saturated carbocycles. The summed E-state index contributed by atoms with van der Waals surface area (Å²) >= 11 is 6.06. The third-order valence-electron chi connectivity index (χ3n) is 5.91. The molecule has 0 aliphatic carbocycles. The lowest BCUT2D eigenvalue weighted by Crippen LogP contribution is -2.47. The first-order chi connectivity index (χ1) is 16.9. The number of anilines is 2. The lowest BCUT2D eigenvalue weighted by atomic mass is 10.1. The molecule has 0 bridgehead atoms. The molecule has 1 fully saturated rings. The zero-order valence-corrected chi connectivity index (χ0v) is 19.3. The van der Waals surface area contributed by atoms with E-state index >= 15 is 0 Å². The Morgan fingerprint density at radius 3 is 2.20 bits per heavy atom. The SMILES string of the molecule is FC(F)(F)c1cccc(N2CCN(c3cc(-c4ccc(Cl)cc4)nc(-c4cccnc4)n3)CC2)c1. The Labute approximate surface area is 205 Å². The molecule has 0 N–H and O–H groups in total. The summed E-state index contributed by atoms with van der Waals surface area (Å²) in [4.78, 5) is 17.8. The van der Waals surface area contributed by atoms with Crippen LogP contribution in [0.3, 0.4) is 0 Å². The number of hydrogen-bond acceptors (Lipinski definition) is 5. The van der Waals surface area contributed by atoms with Gasteiger partial charge in [-0.25, -0.2) is 9.97 Å². The van der Waals surface area contributed by atoms with E-state index in [2.05, 4.69) is 9.88 Å². The summed E-state index contributed by atoms with van der Waals surface area (Å²) in [6.07, 6.45) is -0.948. The number of nitrogens with zero attached hydrogens (tertiary/aromatic N) is 5. The minimum Gasteiger partial charge on any atom is -0.368 e. The Kier molecular flexibility index (Phi) is 6.30. The molecule has 2 aromatic carbocycles. The van der Waals surface area contributed by atoms with Crippen molar-refractivity contribution in [2.45, 2.75) is 6.18 Å². The largest absolute Gasteiger partial charge is 0.416 e. The minimum atomic E-state index is -4.36. The van der Waals surface area contributed by atoms with E-state index in [1.807, 2.05) is 47.4 Å². The molecule has 1 saturated heterocycles. The first-order valence-corrected chi connectivity index (χ1v) is 11.5. The van der Waals surface area contributed by atoms with Crippen LogP contribution in [-0.2, 0) is 6.18 Å². The molecule has 0 amide bonds. The van der Waals surface area contributed by atoms with Crippen molar-refractivity contribution in [1.29, 1.82) is 0 Å². The van der Waals surface area contributed by atoms with Gasteiger partial charge >= 0.3 is 6.18 Å². The molecule has 9 heteroatoms. The van der Waals surface area contributed by atoms with E-state index in [0.717, 1.165) is 28.7 Å². The van der Waals surface area contributed by atoms with Gasteiger partial charge in [0.25, 0.3) is 0 Å². The Bertz CT molecular complexity index is 1300. The van der Waals surface area contributed by atoms with Gasteiger partial charge in [0.2, 0.25) is 0 Å². The molecule has 3 heterocycles. The van der Waals surface area contributed by atoms with Crippen LogP contribution in [0.1, 0.15) is 5.56 Å². The quantitative estimate of drug-likeness (QED) is 0.337. The summed E-state index contributed by atoms with van der Waals surface area (Å²) in [5, 5.41) is 0.640. The minimum absolute atomic E-state index is 0.556. The molecule has 35 heavy (non-hydrogen) atoms. The third-order valence-corrected chi connectivity index (χ3v) is 6.17. The third kappa shape index (κ3) is 5.22. The van der Waals surface area contributed by atoms with Gasteiger partial charge in [0, 0.05) is 66.5 Å². The van der Waals surface area contributed by atoms with E-state index in [9.17, 15) is 13.2 Å². The Balaban J connectivity index is 1.42. The first-order valence-electron chi connectivity index (χ1n) is 11.1. The second-order valence-electron chi connectivity index (χ2n) is 8.21. The van der Waals surface area contributed by atoms with E-state index in [1.54, 1.807) is 18.5 Å². The van der Waals surface area contributed by atoms with Gasteiger partial charge in [-0.05, 0) is 42.5 Å². The maximum atomic E-state index is 13.1. The Morgan fingerprint density at radius 2 is 1.51 bits per heavy atom. The van der Waals surface area contributed by atoms with Crippen molar-refractivity contribution in [3.05, 3.63) is 89.7 Å². The fraction of sp³-hybridized carbons (Fsp3) is 0.192. The summed E-state index contributed by atoms with van der Waals surface area (Å²) in [7, 11) is 0. The number of alkyl halides is 3. The number of aromatic nitrogens is 3. The molecule has 0 atom stereocenters. The fourth-order valence-electron chi connectivity index (χ4n) is 4.06. The van der Waals surface area contributed by atoms with Crippen LogP contribution in [0.5, 0.6) is 0 Å². The fourth-order valence-corrected chi connectivity index (χ4v) is 4.19. The second-order valence-corrected chi connectivity index (χ2v) is 8.64. The van der Waals surface area contributed by atoms with Crippen molar-refractivity contribution >= 4 is 23.1 Å². The van der Waals surface area contributed by atoms with Gasteiger partial charge in [0.15, 0.2) is 5.82 Å². The zero-order valence-electron chi connectivity index (χ0n) is 18.6. The molecule has 1 aliphatic heterocycles. The van der Waals surface area contributed by atoms with E-state index in [-0.39, 0.29) is 0 Å². The van der Waals surface area contributed by atoms with Gasteiger partial charge in [0.05, 0.1) is 11.3 Å². The van der Waals surface area contributed by atoms with E-state index in [0.29, 0.717) is 42.7 Å². The number of piperazine rings is 1. The van der Waals surface area contributed by atoms with Gasteiger partial charge < -0.3 is 9.80 Å². The van der Waals surface area contributed by atoms with E-state index < -0.39 is 11.7 Å². The summed E-state index contributed by atoms with van der Waals surface area (Å²) in [6.45, 7) is 2.37. The lowest BCUT2D eigenvalue weighted by Gasteiger charge is -2.37. The van der Waals surface area contributed by atoms with Gasteiger partial charge in [-0.15, -0.1) is 0 Å². The van der Waals surface area contributed by atoms with Crippen LogP contribution in [-0.4, -0.2) is 41.1 Å². The summed E-state index contributed by atoms with van der Waals surface area (Å²) < 4.78 is 39.4. The Morgan fingerprint density at radius 1 is 0.771 bits per heavy atom.